The Hall–Kier alpha value is -1.63. The van der Waals surface area contributed by atoms with Crippen molar-refractivity contribution in [3.8, 4) is 0 Å². The zero-order valence-corrected chi connectivity index (χ0v) is 13.8. The van der Waals surface area contributed by atoms with E-state index in [9.17, 15) is 0 Å². The lowest BCUT2D eigenvalue weighted by molar-refractivity contribution is 0.204. The molecule has 0 radical (unpaired) electrons. The molecular formula is C14H28N6O. The Balaban J connectivity index is 3.05. The van der Waals surface area contributed by atoms with E-state index in [2.05, 4.69) is 52.4 Å². The van der Waals surface area contributed by atoms with E-state index >= 15 is 0 Å². The van der Waals surface area contributed by atoms with Gasteiger partial charge in [0, 0.05) is 33.3 Å². The molecule has 0 unspecified atom stereocenters. The van der Waals surface area contributed by atoms with Gasteiger partial charge in [-0.3, -0.25) is 0 Å². The summed E-state index contributed by atoms with van der Waals surface area (Å²) in [5, 5.41) is 0. The van der Waals surface area contributed by atoms with Gasteiger partial charge in [0.2, 0.25) is 17.8 Å². The van der Waals surface area contributed by atoms with E-state index in [-0.39, 0.29) is 5.95 Å². The molecule has 21 heavy (non-hydrogen) atoms. The van der Waals surface area contributed by atoms with Crippen LogP contribution in [0.4, 0.5) is 17.8 Å². The molecule has 1 heterocycles. The van der Waals surface area contributed by atoms with E-state index in [1.807, 2.05) is 0 Å². The molecule has 0 aliphatic heterocycles. The summed E-state index contributed by atoms with van der Waals surface area (Å²) in [6, 6.07) is 0. The van der Waals surface area contributed by atoms with Crippen LogP contribution in [0.3, 0.4) is 0 Å². The van der Waals surface area contributed by atoms with Gasteiger partial charge in [0.05, 0.1) is 6.61 Å². The molecule has 7 heteroatoms. The van der Waals surface area contributed by atoms with Crippen LogP contribution in [-0.2, 0) is 4.74 Å². The maximum Gasteiger partial charge on any atom is 0.232 e. The summed E-state index contributed by atoms with van der Waals surface area (Å²) < 4.78 is 5.17. The van der Waals surface area contributed by atoms with Gasteiger partial charge in [-0.15, -0.1) is 0 Å². The molecule has 1 rings (SSSR count). The molecule has 120 valence electrons. The summed E-state index contributed by atoms with van der Waals surface area (Å²) in [4.78, 5) is 17.3. The van der Waals surface area contributed by atoms with E-state index in [0.717, 1.165) is 26.2 Å². The Bertz CT molecular complexity index is 422. The number of nitrogens with zero attached hydrogens (tertiary/aromatic N) is 5. The average molecular weight is 296 g/mol. The summed E-state index contributed by atoms with van der Waals surface area (Å²) >= 11 is 0. The van der Waals surface area contributed by atoms with Crippen LogP contribution in [0.5, 0.6) is 0 Å². The highest BCUT2D eigenvalue weighted by Gasteiger charge is 2.16. The number of aromatic nitrogens is 3. The third-order valence-corrected chi connectivity index (χ3v) is 3.11. The lowest BCUT2D eigenvalue weighted by Gasteiger charge is -2.26. The van der Waals surface area contributed by atoms with Gasteiger partial charge < -0.3 is 20.3 Å². The van der Waals surface area contributed by atoms with Gasteiger partial charge in [0.25, 0.3) is 0 Å². The molecule has 0 aromatic carbocycles. The van der Waals surface area contributed by atoms with Crippen molar-refractivity contribution >= 4 is 17.8 Å². The normalized spacial score (nSPS) is 11.0. The van der Waals surface area contributed by atoms with Gasteiger partial charge in [-0.2, -0.15) is 15.0 Å². The number of nitrogen functional groups attached to an aromatic ring is 1. The maximum atomic E-state index is 5.86. The van der Waals surface area contributed by atoms with Gasteiger partial charge in [-0.25, -0.2) is 0 Å². The standard InChI is InChI=1S/C14H28N6O/c1-6-19(7-2)13-16-12(15)17-14(18-13)20(8-9-21-5)10-11(3)4/h11H,6-10H2,1-5H3,(H2,15,16,17,18). The minimum atomic E-state index is 0.257. The Morgan fingerprint density at radius 3 is 2.10 bits per heavy atom. The van der Waals surface area contributed by atoms with E-state index in [1.165, 1.54) is 0 Å². The second-order valence-corrected chi connectivity index (χ2v) is 5.30. The Morgan fingerprint density at radius 1 is 1.05 bits per heavy atom. The fraction of sp³-hybridized carbons (Fsp3) is 0.786. The van der Waals surface area contributed by atoms with Crippen LogP contribution in [0.1, 0.15) is 27.7 Å². The van der Waals surface area contributed by atoms with E-state index in [1.54, 1.807) is 7.11 Å². The lowest BCUT2D eigenvalue weighted by atomic mass is 10.2. The highest BCUT2D eigenvalue weighted by Crippen LogP contribution is 2.16. The molecule has 0 saturated carbocycles. The SMILES string of the molecule is CCN(CC)c1nc(N)nc(N(CCOC)CC(C)C)n1. The molecule has 0 amide bonds. The largest absolute Gasteiger partial charge is 0.383 e. The number of hydrogen-bond donors (Lipinski definition) is 1. The van der Waals surface area contributed by atoms with Crippen molar-refractivity contribution in [2.75, 3.05) is 55.4 Å². The predicted molar refractivity (Wildman–Crippen MR) is 86.7 cm³/mol. The number of anilines is 3. The fourth-order valence-corrected chi connectivity index (χ4v) is 2.07. The molecule has 0 fully saturated rings. The molecular weight excluding hydrogens is 268 g/mol. The van der Waals surface area contributed by atoms with Crippen LogP contribution in [0, 0.1) is 5.92 Å². The Kier molecular flexibility index (Phi) is 7.14. The van der Waals surface area contributed by atoms with Crippen molar-refractivity contribution in [3.63, 3.8) is 0 Å². The molecule has 0 aliphatic carbocycles. The van der Waals surface area contributed by atoms with Crippen molar-refractivity contribution in [2.45, 2.75) is 27.7 Å². The van der Waals surface area contributed by atoms with Crippen molar-refractivity contribution in [1.29, 1.82) is 0 Å². The number of rotatable bonds is 9. The lowest BCUT2D eigenvalue weighted by Crippen LogP contribution is -2.34. The molecule has 0 bridgehead atoms. The highest BCUT2D eigenvalue weighted by atomic mass is 16.5. The van der Waals surface area contributed by atoms with Crippen molar-refractivity contribution in [1.82, 2.24) is 15.0 Å². The molecule has 0 spiro atoms. The van der Waals surface area contributed by atoms with Gasteiger partial charge in [-0.05, 0) is 19.8 Å². The Morgan fingerprint density at radius 2 is 1.62 bits per heavy atom. The molecule has 2 N–H and O–H groups in total. The summed E-state index contributed by atoms with van der Waals surface area (Å²) in [6.07, 6.45) is 0. The number of ether oxygens (including phenoxy) is 1. The van der Waals surface area contributed by atoms with Crippen molar-refractivity contribution in [3.05, 3.63) is 0 Å². The van der Waals surface area contributed by atoms with Crippen molar-refractivity contribution < 1.29 is 4.74 Å². The zero-order chi connectivity index (χ0) is 15.8. The van der Waals surface area contributed by atoms with Gasteiger partial charge in [0.1, 0.15) is 0 Å². The summed E-state index contributed by atoms with van der Waals surface area (Å²) in [6.45, 7) is 12.3. The molecule has 0 atom stereocenters. The molecule has 0 aliphatic rings. The van der Waals surface area contributed by atoms with Gasteiger partial charge in [0.15, 0.2) is 0 Å². The monoisotopic (exact) mass is 296 g/mol. The van der Waals surface area contributed by atoms with Crippen LogP contribution in [0.15, 0.2) is 0 Å². The summed E-state index contributed by atoms with van der Waals surface area (Å²) in [5.74, 6) is 2.01. The average Bonchev–Trinajstić information content (AvgIpc) is 2.44. The van der Waals surface area contributed by atoms with Crippen LogP contribution in [0.25, 0.3) is 0 Å². The molecule has 1 aromatic heterocycles. The second-order valence-electron chi connectivity index (χ2n) is 5.30. The summed E-state index contributed by atoms with van der Waals surface area (Å²) in [7, 11) is 1.69. The van der Waals surface area contributed by atoms with Crippen LogP contribution in [-0.4, -0.2) is 54.8 Å². The quantitative estimate of drug-likeness (QED) is 0.738. The van der Waals surface area contributed by atoms with Crippen molar-refractivity contribution in [2.24, 2.45) is 5.92 Å². The molecule has 1 aromatic rings. The van der Waals surface area contributed by atoms with Crippen LogP contribution < -0.4 is 15.5 Å². The Labute approximate surface area is 127 Å². The first-order valence-electron chi connectivity index (χ1n) is 7.52. The van der Waals surface area contributed by atoms with E-state index < -0.39 is 0 Å². The third kappa shape index (κ3) is 5.34. The van der Waals surface area contributed by atoms with Gasteiger partial charge in [-0.1, -0.05) is 13.8 Å². The van der Waals surface area contributed by atoms with Crippen LogP contribution in [0.2, 0.25) is 0 Å². The second kappa shape index (κ2) is 8.61. The first-order chi connectivity index (χ1) is 10.0. The maximum absolute atomic E-state index is 5.86. The van der Waals surface area contributed by atoms with Crippen LogP contribution >= 0.6 is 0 Å². The van der Waals surface area contributed by atoms with Gasteiger partial charge >= 0.3 is 0 Å². The molecule has 7 nitrogen and oxygen atoms in total. The van der Waals surface area contributed by atoms with E-state index in [0.29, 0.717) is 24.4 Å². The predicted octanol–water partition coefficient (Wildman–Crippen LogP) is 1.41. The fourth-order valence-electron chi connectivity index (χ4n) is 2.07. The number of methoxy groups -OCH3 is 1. The summed E-state index contributed by atoms with van der Waals surface area (Å²) in [5.41, 5.74) is 5.86. The molecule has 0 saturated heterocycles. The minimum absolute atomic E-state index is 0.257. The minimum Gasteiger partial charge on any atom is -0.383 e. The number of nitrogens with two attached hydrogens (primary N) is 1. The third-order valence-electron chi connectivity index (χ3n) is 3.11. The number of hydrogen-bond acceptors (Lipinski definition) is 7. The highest BCUT2D eigenvalue weighted by molar-refractivity contribution is 5.43. The topological polar surface area (TPSA) is 80.4 Å². The first kappa shape index (κ1) is 17.4. The smallest absolute Gasteiger partial charge is 0.232 e. The van der Waals surface area contributed by atoms with E-state index in [4.69, 9.17) is 10.5 Å². The first-order valence-corrected chi connectivity index (χ1v) is 7.52. The zero-order valence-electron chi connectivity index (χ0n) is 13.8.